The van der Waals surface area contributed by atoms with Crippen LogP contribution in [0, 0.1) is 17.2 Å². The van der Waals surface area contributed by atoms with Gasteiger partial charge in [0, 0.05) is 23.5 Å². The van der Waals surface area contributed by atoms with Gasteiger partial charge in [0.2, 0.25) is 11.8 Å². The third-order valence-corrected chi connectivity index (χ3v) is 6.60. The van der Waals surface area contributed by atoms with E-state index in [-0.39, 0.29) is 28.4 Å². The number of carbonyl (C=O) groups excluding carboxylic acids is 3. The molecule has 8 nitrogen and oxygen atoms in total. The van der Waals surface area contributed by atoms with Gasteiger partial charge in [-0.05, 0) is 30.5 Å². The van der Waals surface area contributed by atoms with E-state index in [0.29, 0.717) is 18.7 Å². The average molecular weight is 508 g/mol. The Bertz CT molecular complexity index is 939. The highest BCUT2D eigenvalue weighted by Gasteiger charge is 2.44. The Hall–Kier alpha value is -2.35. The molecule has 1 aromatic rings. The molecule has 0 aromatic heterocycles. The maximum atomic E-state index is 12.8. The van der Waals surface area contributed by atoms with Crippen molar-refractivity contribution in [1.82, 2.24) is 10.6 Å². The molecule has 3 atom stereocenters. The number of esters is 1. The molecule has 0 unspecified atom stereocenters. The van der Waals surface area contributed by atoms with Crippen molar-refractivity contribution in [1.29, 1.82) is 5.26 Å². The largest absolute Gasteiger partial charge is 0.468 e. The molecule has 0 aliphatic carbocycles. The summed E-state index contributed by atoms with van der Waals surface area (Å²) < 4.78 is 11.1. The zero-order chi connectivity index (χ0) is 22.4. The Morgan fingerprint density at radius 2 is 2.26 bits per heavy atom. The van der Waals surface area contributed by atoms with Crippen molar-refractivity contribution >= 4 is 45.5 Å². The van der Waals surface area contributed by atoms with Crippen LogP contribution in [0.25, 0.3) is 0 Å². The topological polar surface area (TPSA) is 118 Å². The predicted octanol–water partition coefficient (Wildman–Crippen LogP) is 2.22. The number of allylic oxidation sites excluding steroid dienone is 1. The minimum absolute atomic E-state index is 0.0155. The Morgan fingerprint density at radius 1 is 1.45 bits per heavy atom. The minimum Gasteiger partial charge on any atom is -0.468 e. The maximum absolute atomic E-state index is 12.8. The van der Waals surface area contributed by atoms with E-state index in [9.17, 15) is 19.6 Å². The summed E-state index contributed by atoms with van der Waals surface area (Å²) in [5.74, 6) is -3.53. The molecule has 0 spiro atoms. The molecular weight excluding hydrogens is 486 g/mol. The second-order valence-electron chi connectivity index (χ2n) is 7.11. The molecule has 2 aliphatic heterocycles. The highest BCUT2D eigenvalue weighted by atomic mass is 79.9. The number of hydrogen-bond acceptors (Lipinski definition) is 7. The molecule has 2 amide bonds. The number of halogens is 1. The van der Waals surface area contributed by atoms with Crippen LogP contribution in [0.4, 0.5) is 0 Å². The fourth-order valence-electron chi connectivity index (χ4n) is 3.60. The number of methoxy groups -OCH3 is 1. The van der Waals surface area contributed by atoms with Gasteiger partial charge in [0.15, 0.2) is 0 Å². The van der Waals surface area contributed by atoms with E-state index in [2.05, 4.69) is 32.6 Å². The van der Waals surface area contributed by atoms with Crippen LogP contribution >= 0.6 is 27.7 Å². The second kappa shape index (κ2) is 10.8. The second-order valence-corrected chi connectivity index (χ2v) is 9.01. The first-order chi connectivity index (χ1) is 14.9. The highest BCUT2D eigenvalue weighted by Crippen LogP contribution is 2.40. The first-order valence-electron chi connectivity index (χ1n) is 9.74. The lowest BCUT2D eigenvalue weighted by Gasteiger charge is -2.31. The number of amides is 2. The van der Waals surface area contributed by atoms with Gasteiger partial charge < -0.3 is 20.1 Å². The first kappa shape index (κ1) is 23.3. The molecule has 0 saturated carbocycles. The van der Waals surface area contributed by atoms with Gasteiger partial charge in [0.05, 0.1) is 35.6 Å². The molecule has 2 N–H and O–H groups in total. The van der Waals surface area contributed by atoms with Crippen LogP contribution in [0.3, 0.4) is 0 Å². The quantitative estimate of drug-likeness (QED) is 0.429. The van der Waals surface area contributed by atoms with Gasteiger partial charge in [-0.3, -0.25) is 14.4 Å². The van der Waals surface area contributed by atoms with Crippen LogP contribution < -0.4 is 10.6 Å². The molecule has 1 saturated heterocycles. The number of rotatable bonds is 7. The number of benzene rings is 1. The molecule has 1 fully saturated rings. The molecule has 2 heterocycles. The molecule has 1 aromatic carbocycles. The fraction of sp³-hybridized carbons (Fsp3) is 0.429. The third kappa shape index (κ3) is 5.67. The van der Waals surface area contributed by atoms with E-state index in [1.165, 1.54) is 7.11 Å². The molecule has 10 heteroatoms. The van der Waals surface area contributed by atoms with Crippen molar-refractivity contribution in [2.75, 3.05) is 26.0 Å². The Labute approximate surface area is 192 Å². The smallest absolute Gasteiger partial charge is 0.319 e. The molecule has 0 bridgehead atoms. The van der Waals surface area contributed by atoms with E-state index in [4.69, 9.17) is 9.47 Å². The molecule has 31 heavy (non-hydrogen) atoms. The SMILES string of the molecule is COC(=O)[C@@H]1C(=O)NC(SCC(=O)NC[C@@H]2CCCO2)=C(C#N)[C@H]1c1cccc(Br)c1. The zero-order valence-corrected chi connectivity index (χ0v) is 19.3. The van der Waals surface area contributed by atoms with E-state index in [1.807, 2.05) is 6.07 Å². The van der Waals surface area contributed by atoms with Gasteiger partial charge in [-0.2, -0.15) is 5.26 Å². The molecule has 0 radical (unpaired) electrons. The number of nitrogens with zero attached hydrogens (tertiary/aromatic N) is 1. The van der Waals surface area contributed by atoms with Gasteiger partial charge in [0.25, 0.3) is 0 Å². The Balaban J connectivity index is 1.82. The minimum atomic E-state index is -1.20. The van der Waals surface area contributed by atoms with E-state index in [0.717, 1.165) is 29.1 Å². The Kier molecular flexibility index (Phi) is 8.12. The summed E-state index contributed by atoms with van der Waals surface area (Å²) in [6.45, 7) is 1.14. The summed E-state index contributed by atoms with van der Waals surface area (Å²) in [6, 6.07) is 9.20. The summed E-state index contributed by atoms with van der Waals surface area (Å²) in [6.07, 6.45) is 1.92. The molecular formula is C21H22BrN3O5S. The van der Waals surface area contributed by atoms with E-state index in [1.54, 1.807) is 18.2 Å². The predicted molar refractivity (Wildman–Crippen MR) is 118 cm³/mol. The number of hydrogen-bond donors (Lipinski definition) is 2. The van der Waals surface area contributed by atoms with Crippen molar-refractivity contribution in [3.8, 4) is 6.07 Å². The van der Waals surface area contributed by atoms with Crippen molar-refractivity contribution in [3.63, 3.8) is 0 Å². The Morgan fingerprint density at radius 3 is 2.90 bits per heavy atom. The average Bonchev–Trinajstić information content (AvgIpc) is 3.29. The lowest BCUT2D eigenvalue weighted by molar-refractivity contribution is -0.150. The number of nitrogens with one attached hydrogen (secondary N) is 2. The van der Waals surface area contributed by atoms with Crippen molar-refractivity contribution in [2.45, 2.75) is 24.9 Å². The van der Waals surface area contributed by atoms with Crippen molar-refractivity contribution < 1.29 is 23.9 Å². The fourth-order valence-corrected chi connectivity index (χ4v) is 4.90. The van der Waals surface area contributed by atoms with E-state index < -0.39 is 23.7 Å². The van der Waals surface area contributed by atoms with Gasteiger partial charge in [-0.15, -0.1) is 0 Å². The maximum Gasteiger partial charge on any atom is 0.319 e. The monoisotopic (exact) mass is 507 g/mol. The van der Waals surface area contributed by atoms with Gasteiger partial charge in [-0.1, -0.05) is 39.8 Å². The van der Waals surface area contributed by atoms with Crippen LogP contribution in [-0.2, 0) is 23.9 Å². The van der Waals surface area contributed by atoms with Crippen LogP contribution in [0.15, 0.2) is 39.3 Å². The number of nitriles is 1. The van der Waals surface area contributed by atoms with Crippen LogP contribution in [0.1, 0.15) is 24.3 Å². The van der Waals surface area contributed by atoms with Crippen molar-refractivity contribution in [2.24, 2.45) is 5.92 Å². The summed E-state index contributed by atoms with van der Waals surface area (Å²) in [7, 11) is 1.20. The normalized spacial score (nSPS) is 23.1. The summed E-state index contributed by atoms with van der Waals surface area (Å²) in [4.78, 5) is 37.4. The molecule has 2 aliphatic rings. The first-order valence-corrected chi connectivity index (χ1v) is 11.5. The van der Waals surface area contributed by atoms with Gasteiger partial charge >= 0.3 is 5.97 Å². The molecule has 3 rings (SSSR count). The summed E-state index contributed by atoms with van der Waals surface area (Å²) in [5, 5.41) is 15.6. The number of thioether (sulfide) groups is 1. The van der Waals surface area contributed by atoms with Gasteiger partial charge in [-0.25, -0.2) is 0 Å². The third-order valence-electron chi connectivity index (χ3n) is 5.09. The van der Waals surface area contributed by atoms with Crippen LogP contribution in [0.2, 0.25) is 0 Å². The van der Waals surface area contributed by atoms with Gasteiger partial charge in [0.1, 0.15) is 5.92 Å². The van der Waals surface area contributed by atoms with Crippen molar-refractivity contribution in [3.05, 3.63) is 44.9 Å². The highest BCUT2D eigenvalue weighted by molar-refractivity contribution is 9.10. The summed E-state index contributed by atoms with van der Waals surface area (Å²) >= 11 is 4.44. The standard InChI is InChI=1S/C21H22BrN3O5S/c1-29-21(28)18-17(12-4-2-5-13(22)8-12)15(9-23)20(25-19(18)27)31-11-16(26)24-10-14-6-3-7-30-14/h2,4-5,8,14,17-18H,3,6-7,10-11H2,1H3,(H,24,26)(H,25,27)/t14-,17+,18-/m0/s1. The lowest BCUT2D eigenvalue weighted by atomic mass is 9.78. The van der Waals surface area contributed by atoms with Crippen LogP contribution in [0.5, 0.6) is 0 Å². The molecule has 164 valence electrons. The lowest BCUT2D eigenvalue weighted by Crippen LogP contribution is -2.44. The number of ether oxygens (including phenoxy) is 2. The van der Waals surface area contributed by atoms with E-state index >= 15 is 0 Å². The summed E-state index contributed by atoms with van der Waals surface area (Å²) in [5.41, 5.74) is 0.835. The zero-order valence-electron chi connectivity index (χ0n) is 16.9. The van der Waals surface area contributed by atoms with Crippen LogP contribution in [-0.4, -0.2) is 49.9 Å². The number of carbonyl (C=O) groups is 3.